The van der Waals surface area contributed by atoms with Crippen molar-refractivity contribution < 1.29 is 14.4 Å². The summed E-state index contributed by atoms with van der Waals surface area (Å²) < 4.78 is 0. The fourth-order valence-electron chi connectivity index (χ4n) is 1.38. The average Bonchev–Trinajstić information content (AvgIpc) is 2.45. The lowest BCUT2D eigenvalue weighted by Crippen LogP contribution is -2.29. The summed E-state index contributed by atoms with van der Waals surface area (Å²) in [6, 6.07) is 6.61. The number of hydroxylamine groups is 2. The van der Waals surface area contributed by atoms with Gasteiger partial charge in [-0.3, -0.25) is 14.4 Å². The van der Waals surface area contributed by atoms with Gasteiger partial charge in [-0.25, -0.2) is 0 Å². The summed E-state index contributed by atoms with van der Waals surface area (Å²) in [4.78, 5) is 27.9. The zero-order valence-electron chi connectivity index (χ0n) is 7.40. The number of rotatable bonds is 2. The van der Waals surface area contributed by atoms with E-state index in [-0.39, 0.29) is 6.61 Å². The monoisotopic (exact) mass is 190 g/mol. The lowest BCUT2D eigenvalue weighted by molar-refractivity contribution is -0.0808. The van der Waals surface area contributed by atoms with E-state index in [2.05, 4.69) is 6.92 Å². The Balaban J connectivity index is 2.43. The van der Waals surface area contributed by atoms with Crippen LogP contribution in [0.4, 0.5) is 0 Å². The van der Waals surface area contributed by atoms with Crippen molar-refractivity contribution in [2.45, 2.75) is 0 Å². The molecule has 0 unspecified atom stereocenters. The Kier molecular flexibility index (Phi) is 2.05. The molecule has 1 aliphatic heterocycles. The van der Waals surface area contributed by atoms with Gasteiger partial charge in [0.15, 0.2) is 0 Å². The van der Waals surface area contributed by atoms with E-state index in [1.54, 1.807) is 24.3 Å². The predicted octanol–water partition coefficient (Wildman–Crippen LogP) is 1.05. The molecule has 4 nitrogen and oxygen atoms in total. The van der Waals surface area contributed by atoms with Crippen molar-refractivity contribution in [3.63, 3.8) is 0 Å². The number of carbonyl (C=O) groups is 2. The number of hydrogen-bond donors (Lipinski definition) is 0. The molecule has 0 saturated carbocycles. The van der Waals surface area contributed by atoms with Crippen LogP contribution < -0.4 is 0 Å². The second-order valence-electron chi connectivity index (χ2n) is 2.78. The van der Waals surface area contributed by atoms with Gasteiger partial charge in [-0.05, 0) is 19.1 Å². The zero-order valence-corrected chi connectivity index (χ0v) is 7.40. The van der Waals surface area contributed by atoms with E-state index in [1.807, 2.05) is 0 Å². The Hall–Kier alpha value is -1.68. The fourth-order valence-corrected chi connectivity index (χ4v) is 1.38. The average molecular weight is 190 g/mol. The molecule has 1 heterocycles. The van der Waals surface area contributed by atoms with Crippen LogP contribution in [-0.4, -0.2) is 23.5 Å². The predicted molar refractivity (Wildman–Crippen MR) is 48.3 cm³/mol. The third-order valence-electron chi connectivity index (χ3n) is 1.98. The van der Waals surface area contributed by atoms with Crippen molar-refractivity contribution in [2.75, 3.05) is 6.61 Å². The first kappa shape index (κ1) is 8.90. The Labute approximate surface area is 81.0 Å². The molecular formula is C10H8NO3. The van der Waals surface area contributed by atoms with Gasteiger partial charge in [0, 0.05) is 0 Å². The number of benzene rings is 1. The minimum absolute atomic E-state index is 0.0471. The van der Waals surface area contributed by atoms with Crippen molar-refractivity contribution in [3.05, 3.63) is 42.3 Å². The van der Waals surface area contributed by atoms with Crippen LogP contribution in [0.2, 0.25) is 0 Å². The molecule has 2 rings (SSSR count). The Morgan fingerprint density at radius 3 is 2.07 bits per heavy atom. The maximum absolute atomic E-state index is 11.5. The number of carbonyl (C=O) groups excluding carboxylic acids is 2. The molecule has 1 aromatic carbocycles. The fraction of sp³-hybridized carbons (Fsp3) is 0.100. The number of nitrogens with zero attached hydrogens (tertiary/aromatic N) is 1. The third kappa shape index (κ3) is 1.12. The molecule has 0 spiro atoms. The molecule has 2 amide bonds. The van der Waals surface area contributed by atoms with E-state index in [4.69, 9.17) is 4.84 Å². The van der Waals surface area contributed by atoms with Crippen LogP contribution >= 0.6 is 0 Å². The van der Waals surface area contributed by atoms with Gasteiger partial charge in [0.25, 0.3) is 11.8 Å². The molecular weight excluding hydrogens is 182 g/mol. The van der Waals surface area contributed by atoms with Crippen molar-refractivity contribution in [3.8, 4) is 0 Å². The summed E-state index contributed by atoms with van der Waals surface area (Å²) in [5.74, 6) is -0.844. The van der Waals surface area contributed by atoms with Gasteiger partial charge >= 0.3 is 0 Å². The molecule has 0 bridgehead atoms. The van der Waals surface area contributed by atoms with Gasteiger partial charge < -0.3 is 0 Å². The Morgan fingerprint density at radius 2 is 1.64 bits per heavy atom. The van der Waals surface area contributed by atoms with Crippen LogP contribution in [0.5, 0.6) is 0 Å². The van der Waals surface area contributed by atoms with Crippen LogP contribution in [-0.2, 0) is 4.84 Å². The quantitative estimate of drug-likeness (QED) is 0.655. The highest BCUT2D eigenvalue weighted by atomic mass is 16.7. The van der Waals surface area contributed by atoms with E-state index in [0.717, 1.165) is 5.06 Å². The Bertz CT molecular complexity index is 365. The third-order valence-corrected chi connectivity index (χ3v) is 1.98. The van der Waals surface area contributed by atoms with Gasteiger partial charge in [-0.1, -0.05) is 12.1 Å². The normalized spacial score (nSPS) is 14.8. The van der Waals surface area contributed by atoms with Gasteiger partial charge in [-0.15, -0.1) is 5.06 Å². The molecule has 0 N–H and O–H groups in total. The first-order valence-corrected chi connectivity index (χ1v) is 4.15. The van der Waals surface area contributed by atoms with E-state index in [9.17, 15) is 9.59 Å². The van der Waals surface area contributed by atoms with Crippen LogP contribution in [0.15, 0.2) is 24.3 Å². The summed E-state index contributed by atoms with van der Waals surface area (Å²) in [6.45, 7) is 3.46. The van der Waals surface area contributed by atoms with Crippen molar-refractivity contribution in [1.29, 1.82) is 0 Å². The highest BCUT2D eigenvalue weighted by Crippen LogP contribution is 2.22. The first-order valence-electron chi connectivity index (χ1n) is 4.15. The highest BCUT2D eigenvalue weighted by Gasteiger charge is 2.35. The van der Waals surface area contributed by atoms with Crippen molar-refractivity contribution >= 4 is 11.8 Å². The summed E-state index contributed by atoms with van der Waals surface area (Å²) in [7, 11) is 0. The zero-order chi connectivity index (χ0) is 10.1. The highest BCUT2D eigenvalue weighted by molar-refractivity contribution is 6.20. The maximum Gasteiger partial charge on any atom is 0.285 e. The standard InChI is InChI=1S/C10H8NO3/c1-2-14-11-9(12)7-5-3-4-6-8(7)10(11)13/h3-6H,1-2H2. The lowest BCUT2D eigenvalue weighted by Gasteiger charge is -2.10. The molecule has 0 atom stereocenters. The summed E-state index contributed by atoms with van der Waals surface area (Å²) in [5, 5.41) is 0.748. The number of amides is 2. The molecule has 1 radical (unpaired) electrons. The van der Waals surface area contributed by atoms with Crippen LogP contribution in [0.1, 0.15) is 20.7 Å². The molecule has 0 aromatic heterocycles. The largest absolute Gasteiger partial charge is 0.285 e. The second kappa shape index (κ2) is 3.23. The summed E-state index contributed by atoms with van der Waals surface area (Å²) in [5.41, 5.74) is 0.761. The van der Waals surface area contributed by atoms with Crippen LogP contribution in [0.3, 0.4) is 0 Å². The SMILES string of the molecule is [CH2]CON1C(=O)c2ccccc2C1=O. The van der Waals surface area contributed by atoms with Gasteiger partial charge in [0.05, 0.1) is 17.7 Å². The summed E-state index contributed by atoms with van der Waals surface area (Å²) >= 11 is 0. The molecule has 14 heavy (non-hydrogen) atoms. The number of hydrogen-bond acceptors (Lipinski definition) is 3. The lowest BCUT2D eigenvalue weighted by atomic mass is 10.1. The minimum atomic E-state index is -0.422. The van der Waals surface area contributed by atoms with Gasteiger partial charge in [-0.2, -0.15) is 0 Å². The van der Waals surface area contributed by atoms with Gasteiger partial charge in [0.1, 0.15) is 0 Å². The second-order valence-corrected chi connectivity index (χ2v) is 2.78. The van der Waals surface area contributed by atoms with Crippen molar-refractivity contribution in [2.24, 2.45) is 0 Å². The smallest absolute Gasteiger partial charge is 0.266 e. The Morgan fingerprint density at radius 1 is 1.14 bits per heavy atom. The molecule has 0 saturated heterocycles. The molecule has 0 aliphatic carbocycles. The van der Waals surface area contributed by atoms with E-state index in [1.165, 1.54) is 0 Å². The minimum Gasteiger partial charge on any atom is -0.266 e. The molecule has 71 valence electrons. The molecule has 1 aromatic rings. The van der Waals surface area contributed by atoms with E-state index >= 15 is 0 Å². The molecule has 1 aliphatic rings. The molecule has 4 heteroatoms. The topological polar surface area (TPSA) is 46.6 Å². The van der Waals surface area contributed by atoms with E-state index in [0.29, 0.717) is 11.1 Å². The van der Waals surface area contributed by atoms with Gasteiger partial charge in [0.2, 0.25) is 0 Å². The maximum atomic E-state index is 11.5. The summed E-state index contributed by atoms with van der Waals surface area (Å²) in [6.07, 6.45) is 0. The molecule has 0 fully saturated rings. The number of fused-ring (bicyclic) bond motifs is 1. The van der Waals surface area contributed by atoms with Crippen LogP contribution in [0.25, 0.3) is 0 Å². The van der Waals surface area contributed by atoms with Crippen LogP contribution in [0, 0.1) is 6.92 Å². The van der Waals surface area contributed by atoms with E-state index < -0.39 is 11.8 Å². The van der Waals surface area contributed by atoms with Crippen molar-refractivity contribution in [1.82, 2.24) is 5.06 Å². The first-order chi connectivity index (χ1) is 6.75. The number of imide groups is 1.